The van der Waals surface area contributed by atoms with Gasteiger partial charge in [-0.25, -0.2) is 0 Å². The summed E-state index contributed by atoms with van der Waals surface area (Å²) in [4.78, 5) is 0. The first-order chi connectivity index (χ1) is 5.26. The van der Waals surface area contributed by atoms with E-state index < -0.39 is 0 Å². The lowest BCUT2D eigenvalue weighted by Crippen LogP contribution is -2.38. The Hall–Kier alpha value is -0.0800. The molecule has 0 aromatic heterocycles. The summed E-state index contributed by atoms with van der Waals surface area (Å²) >= 11 is 0. The minimum absolute atomic E-state index is 0.259. The van der Waals surface area contributed by atoms with Crippen molar-refractivity contribution in [3.63, 3.8) is 0 Å². The molecule has 2 heteroatoms. The molecule has 0 amide bonds. The van der Waals surface area contributed by atoms with E-state index in [4.69, 9.17) is 5.11 Å². The highest BCUT2D eigenvalue weighted by molar-refractivity contribution is 4.70. The van der Waals surface area contributed by atoms with E-state index >= 15 is 0 Å². The molecule has 2 atom stereocenters. The lowest BCUT2D eigenvalue weighted by Gasteiger charge is -2.21. The molecule has 0 fully saturated rings. The average Bonchev–Trinajstić information content (AvgIpc) is 2.05. The molecule has 0 spiro atoms. The zero-order chi connectivity index (χ0) is 8.69. The van der Waals surface area contributed by atoms with Crippen molar-refractivity contribution in [3.05, 3.63) is 0 Å². The van der Waals surface area contributed by atoms with Gasteiger partial charge in [0.15, 0.2) is 0 Å². The highest BCUT2D eigenvalue weighted by Gasteiger charge is 2.12. The van der Waals surface area contributed by atoms with Crippen molar-refractivity contribution in [1.29, 1.82) is 0 Å². The van der Waals surface area contributed by atoms with Crippen molar-refractivity contribution < 1.29 is 5.11 Å². The molecule has 0 saturated heterocycles. The van der Waals surface area contributed by atoms with Gasteiger partial charge in [-0.15, -0.1) is 0 Å². The van der Waals surface area contributed by atoms with E-state index in [1.54, 1.807) is 0 Å². The molecule has 0 rings (SSSR count). The van der Waals surface area contributed by atoms with Gasteiger partial charge in [-0.05, 0) is 18.9 Å². The maximum atomic E-state index is 8.99. The van der Waals surface area contributed by atoms with Gasteiger partial charge in [-0.2, -0.15) is 0 Å². The number of hydrogen-bond acceptors (Lipinski definition) is 2. The molecule has 0 aromatic carbocycles. The highest BCUT2D eigenvalue weighted by atomic mass is 16.3. The van der Waals surface area contributed by atoms with Crippen LogP contribution in [-0.4, -0.2) is 24.3 Å². The monoisotopic (exact) mass is 159 g/mol. The smallest absolute Gasteiger partial charge is 0.0587 e. The maximum absolute atomic E-state index is 8.99. The third-order valence-electron chi connectivity index (χ3n) is 2.18. The van der Waals surface area contributed by atoms with Crippen molar-refractivity contribution in [2.75, 3.05) is 13.2 Å². The van der Waals surface area contributed by atoms with Crippen LogP contribution in [0.3, 0.4) is 0 Å². The molecule has 0 aliphatic carbocycles. The highest BCUT2D eigenvalue weighted by Crippen LogP contribution is 2.06. The molecule has 2 N–H and O–H groups in total. The number of aliphatic hydroxyl groups is 1. The zero-order valence-corrected chi connectivity index (χ0v) is 7.93. The minimum atomic E-state index is 0.259. The van der Waals surface area contributed by atoms with Crippen LogP contribution in [0.15, 0.2) is 0 Å². The fourth-order valence-corrected chi connectivity index (χ4v) is 1.06. The molecule has 2 nitrogen and oxygen atoms in total. The van der Waals surface area contributed by atoms with E-state index in [0.29, 0.717) is 12.0 Å². The summed E-state index contributed by atoms with van der Waals surface area (Å²) in [6.07, 6.45) is 2.26. The lowest BCUT2D eigenvalue weighted by atomic mass is 10.00. The Morgan fingerprint density at radius 2 is 2.00 bits per heavy atom. The van der Waals surface area contributed by atoms with E-state index in [0.717, 1.165) is 19.4 Å². The largest absolute Gasteiger partial charge is 0.395 e. The zero-order valence-electron chi connectivity index (χ0n) is 7.93. The lowest BCUT2D eigenvalue weighted by molar-refractivity contribution is 0.202. The van der Waals surface area contributed by atoms with E-state index in [9.17, 15) is 0 Å². The molecule has 68 valence electrons. The Morgan fingerprint density at radius 3 is 2.36 bits per heavy atom. The minimum Gasteiger partial charge on any atom is -0.395 e. The van der Waals surface area contributed by atoms with Gasteiger partial charge in [0.05, 0.1) is 6.61 Å². The molecule has 0 radical (unpaired) electrons. The fourth-order valence-electron chi connectivity index (χ4n) is 1.06. The van der Waals surface area contributed by atoms with Gasteiger partial charge in [0.2, 0.25) is 0 Å². The quantitative estimate of drug-likeness (QED) is 0.614. The first-order valence-electron chi connectivity index (χ1n) is 4.60. The number of hydrogen-bond donors (Lipinski definition) is 2. The first-order valence-corrected chi connectivity index (χ1v) is 4.60. The summed E-state index contributed by atoms with van der Waals surface area (Å²) in [5, 5.41) is 12.3. The second-order valence-electron chi connectivity index (χ2n) is 3.13. The molecular formula is C9H21NO. The summed E-state index contributed by atoms with van der Waals surface area (Å²) < 4.78 is 0. The van der Waals surface area contributed by atoms with Crippen molar-refractivity contribution in [1.82, 2.24) is 5.32 Å². The van der Waals surface area contributed by atoms with Crippen LogP contribution in [0.5, 0.6) is 0 Å². The van der Waals surface area contributed by atoms with E-state index in [-0.39, 0.29) is 6.61 Å². The molecule has 11 heavy (non-hydrogen) atoms. The van der Waals surface area contributed by atoms with Crippen LogP contribution >= 0.6 is 0 Å². The Morgan fingerprint density at radius 1 is 1.36 bits per heavy atom. The predicted octanol–water partition coefficient (Wildman–Crippen LogP) is 1.39. The van der Waals surface area contributed by atoms with Crippen LogP contribution < -0.4 is 5.32 Å². The van der Waals surface area contributed by atoms with Crippen LogP contribution in [-0.2, 0) is 0 Å². The fraction of sp³-hybridized carbons (Fsp3) is 1.00. The van der Waals surface area contributed by atoms with Gasteiger partial charge >= 0.3 is 0 Å². The summed E-state index contributed by atoms with van der Waals surface area (Å²) in [5.41, 5.74) is 0. The van der Waals surface area contributed by atoms with Gasteiger partial charge in [0.25, 0.3) is 0 Å². The normalized spacial score (nSPS) is 16.4. The van der Waals surface area contributed by atoms with Gasteiger partial charge in [0, 0.05) is 6.04 Å². The Kier molecular flexibility index (Phi) is 6.57. The molecule has 2 unspecified atom stereocenters. The van der Waals surface area contributed by atoms with Gasteiger partial charge in [-0.1, -0.05) is 27.2 Å². The standard InChI is InChI=1S/C9H21NO/c1-4-6-10-9(7-11)8(3)5-2/h8-11H,4-7H2,1-3H3. The van der Waals surface area contributed by atoms with Crippen molar-refractivity contribution in [2.45, 2.75) is 39.7 Å². The van der Waals surface area contributed by atoms with Gasteiger partial charge < -0.3 is 10.4 Å². The number of rotatable bonds is 6. The van der Waals surface area contributed by atoms with Crippen LogP contribution in [0.25, 0.3) is 0 Å². The van der Waals surface area contributed by atoms with Gasteiger partial charge in [0.1, 0.15) is 0 Å². The van der Waals surface area contributed by atoms with Crippen LogP contribution in [0, 0.1) is 5.92 Å². The van der Waals surface area contributed by atoms with Crippen LogP contribution in [0.1, 0.15) is 33.6 Å². The molecule has 0 aromatic rings. The SMILES string of the molecule is CCCNC(CO)C(C)CC. The van der Waals surface area contributed by atoms with E-state index in [2.05, 4.69) is 26.1 Å². The van der Waals surface area contributed by atoms with Crippen molar-refractivity contribution in [3.8, 4) is 0 Å². The first kappa shape index (κ1) is 10.9. The average molecular weight is 159 g/mol. The Labute approximate surface area is 70.0 Å². The van der Waals surface area contributed by atoms with Crippen LogP contribution in [0.4, 0.5) is 0 Å². The van der Waals surface area contributed by atoms with Crippen LogP contribution in [0.2, 0.25) is 0 Å². The van der Waals surface area contributed by atoms with E-state index in [1.165, 1.54) is 0 Å². The second-order valence-corrected chi connectivity index (χ2v) is 3.13. The molecule has 0 bridgehead atoms. The second kappa shape index (κ2) is 6.62. The third-order valence-corrected chi connectivity index (χ3v) is 2.18. The van der Waals surface area contributed by atoms with Crippen molar-refractivity contribution >= 4 is 0 Å². The Bertz CT molecular complexity index is 85.6. The summed E-state index contributed by atoms with van der Waals surface area (Å²) in [5.74, 6) is 0.576. The molecule has 0 aliphatic heterocycles. The summed E-state index contributed by atoms with van der Waals surface area (Å²) in [6.45, 7) is 7.73. The number of nitrogens with one attached hydrogen (secondary N) is 1. The van der Waals surface area contributed by atoms with E-state index in [1.807, 2.05) is 0 Å². The molecule has 0 aliphatic rings. The van der Waals surface area contributed by atoms with Crippen molar-refractivity contribution in [2.24, 2.45) is 5.92 Å². The molecule has 0 heterocycles. The summed E-state index contributed by atoms with van der Waals surface area (Å²) in [7, 11) is 0. The summed E-state index contributed by atoms with van der Waals surface area (Å²) in [6, 6.07) is 0.292. The topological polar surface area (TPSA) is 32.3 Å². The van der Waals surface area contributed by atoms with Gasteiger partial charge in [-0.3, -0.25) is 0 Å². The maximum Gasteiger partial charge on any atom is 0.0587 e. The molecule has 0 saturated carbocycles. The predicted molar refractivity (Wildman–Crippen MR) is 48.6 cm³/mol. The third kappa shape index (κ3) is 4.38. The number of aliphatic hydroxyl groups excluding tert-OH is 1. The molecular weight excluding hydrogens is 138 g/mol. The Balaban J connectivity index is 3.56.